The van der Waals surface area contributed by atoms with Crippen molar-refractivity contribution in [2.24, 2.45) is 5.73 Å². The van der Waals surface area contributed by atoms with Crippen LogP contribution in [0.1, 0.15) is 36.1 Å². The van der Waals surface area contributed by atoms with Crippen LogP contribution in [0.15, 0.2) is 54.6 Å². The first-order chi connectivity index (χ1) is 15.9. The molecule has 0 saturated carbocycles. The second-order valence-corrected chi connectivity index (χ2v) is 10.8. The lowest BCUT2D eigenvalue weighted by atomic mass is 9.98. The van der Waals surface area contributed by atoms with Crippen LogP contribution in [0.25, 0.3) is 10.8 Å². The Hall–Kier alpha value is -3.10. The topological polar surface area (TPSA) is 109 Å². The number of nitrogens with one attached hydrogen (secondary N) is 2. The first-order valence-corrected chi connectivity index (χ1v) is 12.9. The molecule has 2 atom stereocenters. The standard InChI is InChI=1S/C25H28N4O3S/c1-2-33(30,31)29-23-8-7-21(32-22-9-10-28-15-22)13-20(23)14-24(29)17-5-3-16-4-6-18(25(26)27)12-19(16)11-17/h3-8,11-13,22,24,28H,2,9-10,14-15H2,1H3,(H3,26,27)/t22-,24+/m0/s1. The van der Waals surface area contributed by atoms with Crippen LogP contribution in [0.3, 0.4) is 0 Å². The Bertz CT molecular complexity index is 1330. The zero-order valence-corrected chi connectivity index (χ0v) is 19.4. The third-order valence-corrected chi connectivity index (χ3v) is 8.31. The summed E-state index contributed by atoms with van der Waals surface area (Å²) < 4.78 is 34.0. The molecule has 0 spiro atoms. The van der Waals surface area contributed by atoms with Crippen LogP contribution in [0.4, 0.5) is 5.69 Å². The van der Waals surface area contributed by atoms with Gasteiger partial charge in [-0.3, -0.25) is 9.71 Å². The van der Waals surface area contributed by atoms with Crippen LogP contribution < -0.4 is 20.1 Å². The summed E-state index contributed by atoms with van der Waals surface area (Å²) in [4.78, 5) is 0. The van der Waals surface area contributed by atoms with Crippen molar-refractivity contribution in [1.29, 1.82) is 5.41 Å². The van der Waals surface area contributed by atoms with Gasteiger partial charge in [-0.05, 0) is 72.1 Å². The largest absolute Gasteiger partial charge is 0.489 e. The third kappa shape index (κ3) is 4.05. The monoisotopic (exact) mass is 464 g/mol. The minimum atomic E-state index is -3.49. The number of sulfonamides is 1. The van der Waals surface area contributed by atoms with Crippen molar-refractivity contribution in [3.05, 3.63) is 71.3 Å². The predicted octanol–water partition coefficient (Wildman–Crippen LogP) is 3.32. The first-order valence-electron chi connectivity index (χ1n) is 11.3. The van der Waals surface area contributed by atoms with E-state index in [0.717, 1.165) is 52.8 Å². The lowest BCUT2D eigenvalue weighted by Gasteiger charge is -2.27. The average molecular weight is 465 g/mol. The fraction of sp³-hybridized carbons (Fsp3) is 0.320. The fourth-order valence-corrected chi connectivity index (χ4v) is 6.11. The number of amidine groups is 1. The van der Waals surface area contributed by atoms with Crippen LogP contribution in [0, 0.1) is 5.41 Å². The molecule has 0 radical (unpaired) electrons. The number of nitrogens with two attached hydrogens (primary N) is 1. The zero-order valence-electron chi connectivity index (χ0n) is 18.5. The van der Waals surface area contributed by atoms with Crippen molar-refractivity contribution >= 4 is 32.3 Å². The van der Waals surface area contributed by atoms with Crippen LogP contribution in [-0.2, 0) is 16.4 Å². The zero-order chi connectivity index (χ0) is 23.2. The van der Waals surface area contributed by atoms with Crippen LogP contribution >= 0.6 is 0 Å². The minimum absolute atomic E-state index is 0.00996. The van der Waals surface area contributed by atoms with E-state index in [9.17, 15) is 8.42 Å². The molecule has 3 aromatic rings. The number of hydrogen-bond donors (Lipinski definition) is 3. The Morgan fingerprint density at radius 3 is 2.70 bits per heavy atom. The van der Waals surface area contributed by atoms with Crippen LogP contribution in [0.5, 0.6) is 5.75 Å². The molecule has 33 heavy (non-hydrogen) atoms. The normalized spacial score (nSPS) is 20.2. The Morgan fingerprint density at radius 2 is 1.97 bits per heavy atom. The molecule has 5 rings (SSSR count). The SMILES string of the molecule is CCS(=O)(=O)N1c2ccc(O[C@H]3CCNC3)cc2C[C@@H]1c1ccc2ccc(C(=N)N)cc2c1. The van der Waals surface area contributed by atoms with Gasteiger partial charge in [-0.25, -0.2) is 8.42 Å². The highest BCUT2D eigenvalue weighted by molar-refractivity contribution is 7.92. The number of anilines is 1. The summed E-state index contributed by atoms with van der Waals surface area (Å²) in [5.41, 5.74) is 8.93. The number of ether oxygens (including phenoxy) is 1. The maximum Gasteiger partial charge on any atom is 0.235 e. The second kappa shape index (κ2) is 8.35. The number of nitrogens with zero attached hydrogens (tertiary/aromatic N) is 1. The molecule has 2 heterocycles. The molecule has 1 fully saturated rings. The summed E-state index contributed by atoms with van der Waals surface area (Å²) in [6, 6.07) is 17.0. The summed E-state index contributed by atoms with van der Waals surface area (Å²) in [5.74, 6) is 0.814. The minimum Gasteiger partial charge on any atom is -0.489 e. The van der Waals surface area contributed by atoms with Crippen molar-refractivity contribution in [1.82, 2.24) is 5.32 Å². The predicted molar refractivity (Wildman–Crippen MR) is 132 cm³/mol. The number of rotatable bonds is 6. The quantitative estimate of drug-likeness (QED) is 0.383. The van der Waals surface area contributed by atoms with Gasteiger partial charge in [0, 0.05) is 18.5 Å². The second-order valence-electron chi connectivity index (χ2n) is 8.67. The average Bonchev–Trinajstić information content (AvgIpc) is 3.46. The lowest BCUT2D eigenvalue weighted by molar-refractivity contribution is 0.223. The van der Waals surface area contributed by atoms with Crippen LogP contribution in [0.2, 0.25) is 0 Å². The molecule has 0 amide bonds. The fourth-order valence-electron chi connectivity index (χ4n) is 4.77. The van der Waals surface area contributed by atoms with Gasteiger partial charge in [-0.1, -0.05) is 24.3 Å². The summed E-state index contributed by atoms with van der Waals surface area (Å²) in [5, 5.41) is 13.0. The highest BCUT2D eigenvalue weighted by atomic mass is 32.2. The summed E-state index contributed by atoms with van der Waals surface area (Å²) in [6.45, 7) is 3.46. The highest BCUT2D eigenvalue weighted by Gasteiger charge is 2.38. The molecule has 0 aromatic heterocycles. The van der Waals surface area contributed by atoms with E-state index in [1.54, 1.807) is 11.2 Å². The van der Waals surface area contributed by atoms with E-state index in [1.807, 2.05) is 54.6 Å². The van der Waals surface area contributed by atoms with E-state index in [-0.39, 0.29) is 23.7 Å². The highest BCUT2D eigenvalue weighted by Crippen LogP contribution is 2.44. The van der Waals surface area contributed by atoms with Crippen molar-refractivity contribution in [3.63, 3.8) is 0 Å². The van der Waals surface area contributed by atoms with Gasteiger partial charge in [0.05, 0.1) is 17.5 Å². The number of nitrogen functional groups attached to an aromatic ring is 1. The van der Waals surface area contributed by atoms with Gasteiger partial charge in [0.2, 0.25) is 10.0 Å². The van der Waals surface area contributed by atoms with E-state index in [4.69, 9.17) is 15.9 Å². The van der Waals surface area contributed by atoms with Crippen molar-refractivity contribution in [3.8, 4) is 5.75 Å². The third-order valence-electron chi connectivity index (χ3n) is 6.53. The van der Waals surface area contributed by atoms with E-state index < -0.39 is 10.0 Å². The molecule has 2 aliphatic heterocycles. The number of fused-ring (bicyclic) bond motifs is 2. The molecule has 7 nitrogen and oxygen atoms in total. The maximum atomic E-state index is 13.2. The Morgan fingerprint density at radius 1 is 1.15 bits per heavy atom. The Balaban J connectivity index is 1.54. The molecule has 3 aromatic carbocycles. The van der Waals surface area contributed by atoms with Crippen molar-refractivity contribution in [2.45, 2.75) is 31.9 Å². The summed E-state index contributed by atoms with van der Waals surface area (Å²) >= 11 is 0. The molecule has 0 bridgehead atoms. The van der Waals surface area contributed by atoms with Gasteiger partial charge < -0.3 is 15.8 Å². The molecule has 172 valence electrons. The number of hydrogen-bond acceptors (Lipinski definition) is 5. The van der Waals surface area contributed by atoms with Gasteiger partial charge >= 0.3 is 0 Å². The first kappa shape index (κ1) is 21.7. The molecule has 1 saturated heterocycles. The Kier molecular flexibility index (Phi) is 5.50. The molecule has 4 N–H and O–H groups in total. The molecule has 2 aliphatic rings. The van der Waals surface area contributed by atoms with Crippen molar-refractivity contribution in [2.75, 3.05) is 23.1 Å². The number of benzene rings is 3. The van der Waals surface area contributed by atoms with Gasteiger partial charge in [-0.2, -0.15) is 0 Å². The lowest BCUT2D eigenvalue weighted by Crippen LogP contribution is -2.33. The van der Waals surface area contributed by atoms with E-state index in [2.05, 4.69) is 5.32 Å². The summed E-state index contributed by atoms with van der Waals surface area (Å²) in [7, 11) is -3.49. The van der Waals surface area contributed by atoms with Crippen molar-refractivity contribution < 1.29 is 13.2 Å². The van der Waals surface area contributed by atoms with Gasteiger partial charge in [0.15, 0.2) is 0 Å². The molecule has 0 aliphatic carbocycles. The Labute approximate surface area is 194 Å². The molecular formula is C25H28N4O3S. The van der Waals surface area contributed by atoms with E-state index in [0.29, 0.717) is 12.0 Å². The van der Waals surface area contributed by atoms with Crippen LogP contribution in [-0.4, -0.2) is 39.2 Å². The van der Waals surface area contributed by atoms with Gasteiger partial charge in [-0.15, -0.1) is 0 Å². The molecule has 0 unspecified atom stereocenters. The maximum absolute atomic E-state index is 13.2. The van der Waals surface area contributed by atoms with Gasteiger partial charge in [0.25, 0.3) is 0 Å². The molecular weight excluding hydrogens is 436 g/mol. The van der Waals surface area contributed by atoms with E-state index >= 15 is 0 Å². The smallest absolute Gasteiger partial charge is 0.235 e. The molecule has 8 heteroatoms. The summed E-state index contributed by atoms with van der Waals surface area (Å²) in [6.07, 6.45) is 1.69. The van der Waals surface area contributed by atoms with Gasteiger partial charge in [0.1, 0.15) is 17.7 Å². The van der Waals surface area contributed by atoms with E-state index in [1.165, 1.54) is 0 Å².